The van der Waals surface area contributed by atoms with E-state index in [0.717, 1.165) is 11.1 Å². The van der Waals surface area contributed by atoms with Crippen LogP contribution in [0, 0.1) is 6.92 Å². The summed E-state index contributed by atoms with van der Waals surface area (Å²) in [7, 11) is 0. The molecule has 31 heavy (non-hydrogen) atoms. The zero-order valence-electron chi connectivity index (χ0n) is 16.9. The van der Waals surface area contributed by atoms with E-state index in [1.165, 1.54) is 27.9 Å². The average Bonchev–Trinajstić information content (AvgIpc) is 3.40. The predicted molar refractivity (Wildman–Crippen MR) is 116 cm³/mol. The number of thioether (sulfide) groups is 1. The van der Waals surface area contributed by atoms with Gasteiger partial charge in [0, 0.05) is 6.54 Å². The molecule has 1 aromatic heterocycles. The lowest BCUT2D eigenvalue weighted by molar-refractivity contribution is -0.136. The van der Waals surface area contributed by atoms with Gasteiger partial charge in [-0.05, 0) is 24.6 Å². The lowest BCUT2D eigenvalue weighted by Gasteiger charge is -2.27. The van der Waals surface area contributed by atoms with Gasteiger partial charge < -0.3 is 4.90 Å². The van der Waals surface area contributed by atoms with Gasteiger partial charge in [-0.1, -0.05) is 59.8 Å². The lowest BCUT2D eigenvalue weighted by Crippen LogP contribution is -2.45. The monoisotopic (exact) mass is 435 g/mol. The van der Waals surface area contributed by atoms with Crippen LogP contribution >= 0.6 is 11.8 Å². The maximum absolute atomic E-state index is 13.2. The molecule has 1 fully saturated rings. The second kappa shape index (κ2) is 9.13. The van der Waals surface area contributed by atoms with E-state index in [1.54, 1.807) is 12.1 Å². The summed E-state index contributed by atoms with van der Waals surface area (Å²) in [6.45, 7) is 2.18. The van der Waals surface area contributed by atoms with Crippen LogP contribution in [-0.2, 0) is 20.9 Å². The van der Waals surface area contributed by atoms with Gasteiger partial charge >= 0.3 is 0 Å². The van der Waals surface area contributed by atoms with Crippen molar-refractivity contribution in [2.75, 3.05) is 10.7 Å². The molecule has 1 atom stereocenters. The van der Waals surface area contributed by atoms with E-state index in [2.05, 4.69) is 15.2 Å². The highest BCUT2D eigenvalue weighted by molar-refractivity contribution is 7.99. The molecule has 8 nitrogen and oxygen atoms in total. The number of carbonyl (C=O) groups is 3. The highest BCUT2D eigenvalue weighted by Gasteiger charge is 2.44. The number of rotatable bonds is 7. The molecule has 1 saturated heterocycles. The number of nitrogens with zero attached hydrogens (tertiary/aromatic N) is 4. The summed E-state index contributed by atoms with van der Waals surface area (Å²) in [4.78, 5) is 45.8. The van der Waals surface area contributed by atoms with Crippen LogP contribution in [0.15, 0.2) is 66.1 Å². The summed E-state index contributed by atoms with van der Waals surface area (Å²) < 4.78 is 0. The number of anilines is 1. The van der Waals surface area contributed by atoms with Crippen LogP contribution in [0.25, 0.3) is 0 Å². The van der Waals surface area contributed by atoms with Crippen molar-refractivity contribution < 1.29 is 14.4 Å². The van der Waals surface area contributed by atoms with Gasteiger partial charge in [-0.15, -0.1) is 0 Å². The van der Waals surface area contributed by atoms with Crippen molar-refractivity contribution in [2.24, 2.45) is 0 Å². The van der Waals surface area contributed by atoms with Gasteiger partial charge in [-0.3, -0.25) is 19.5 Å². The molecule has 9 heteroatoms. The SMILES string of the molecule is Cc1ccc(N2C(=O)CC(N(Cc3ccccc3)C(=O)CSc3ncn[nH]3)C2=O)cc1. The van der Waals surface area contributed by atoms with Crippen molar-refractivity contribution in [3.63, 3.8) is 0 Å². The van der Waals surface area contributed by atoms with Crippen molar-refractivity contribution in [3.8, 4) is 0 Å². The van der Waals surface area contributed by atoms with Crippen LogP contribution in [0.3, 0.4) is 0 Å². The van der Waals surface area contributed by atoms with Crippen LogP contribution in [0.5, 0.6) is 0 Å². The minimum Gasteiger partial charge on any atom is -0.325 e. The maximum atomic E-state index is 13.2. The smallest absolute Gasteiger partial charge is 0.257 e. The first-order valence-corrected chi connectivity index (χ1v) is 10.8. The van der Waals surface area contributed by atoms with Crippen LogP contribution in [-0.4, -0.2) is 49.6 Å². The lowest BCUT2D eigenvalue weighted by atomic mass is 10.1. The maximum Gasteiger partial charge on any atom is 0.257 e. The first kappa shape index (κ1) is 20.8. The normalized spacial score (nSPS) is 16.0. The first-order valence-electron chi connectivity index (χ1n) is 9.78. The van der Waals surface area contributed by atoms with Crippen molar-refractivity contribution in [1.82, 2.24) is 20.1 Å². The number of H-pyrrole nitrogens is 1. The molecule has 2 aromatic carbocycles. The Labute approximate surface area is 183 Å². The van der Waals surface area contributed by atoms with Crippen molar-refractivity contribution >= 4 is 35.2 Å². The van der Waals surface area contributed by atoms with Gasteiger partial charge in [-0.2, -0.15) is 5.10 Å². The Balaban J connectivity index is 1.57. The van der Waals surface area contributed by atoms with E-state index in [9.17, 15) is 14.4 Å². The summed E-state index contributed by atoms with van der Waals surface area (Å²) in [5.41, 5.74) is 2.44. The second-order valence-electron chi connectivity index (χ2n) is 7.21. The van der Waals surface area contributed by atoms with Gasteiger partial charge in [0.1, 0.15) is 12.4 Å². The number of imide groups is 1. The van der Waals surface area contributed by atoms with E-state index in [1.807, 2.05) is 49.4 Å². The number of amides is 3. The molecule has 0 saturated carbocycles. The van der Waals surface area contributed by atoms with Gasteiger partial charge in [0.05, 0.1) is 17.9 Å². The summed E-state index contributed by atoms with van der Waals surface area (Å²) in [5, 5.41) is 6.99. The molecule has 0 aliphatic carbocycles. The highest BCUT2D eigenvalue weighted by Crippen LogP contribution is 2.28. The van der Waals surface area contributed by atoms with Crippen LogP contribution in [0.1, 0.15) is 17.5 Å². The third-order valence-electron chi connectivity index (χ3n) is 5.03. The van der Waals surface area contributed by atoms with E-state index < -0.39 is 6.04 Å². The first-order chi connectivity index (χ1) is 15.0. The molecule has 0 spiro atoms. The Morgan fingerprint density at radius 2 is 1.90 bits per heavy atom. The summed E-state index contributed by atoms with van der Waals surface area (Å²) in [6.07, 6.45) is 1.32. The van der Waals surface area contributed by atoms with Crippen LogP contribution < -0.4 is 4.90 Å². The molecule has 0 bridgehead atoms. The van der Waals surface area contributed by atoms with Crippen molar-refractivity contribution in [1.29, 1.82) is 0 Å². The zero-order chi connectivity index (χ0) is 21.8. The van der Waals surface area contributed by atoms with Crippen LogP contribution in [0.4, 0.5) is 5.69 Å². The third-order valence-corrected chi connectivity index (χ3v) is 5.89. The van der Waals surface area contributed by atoms with E-state index in [4.69, 9.17) is 0 Å². The average molecular weight is 436 g/mol. The fourth-order valence-corrected chi connectivity index (χ4v) is 4.12. The molecule has 3 aromatic rings. The Morgan fingerprint density at radius 3 is 2.58 bits per heavy atom. The Bertz CT molecular complexity index is 1070. The standard InChI is InChI=1S/C22H21N5O3S/c1-15-7-9-17(10-8-15)27-19(28)11-18(21(27)30)26(12-16-5-3-2-4-6-16)20(29)13-31-22-23-14-24-25-22/h2-10,14,18H,11-13H2,1H3,(H,23,24,25). The number of aryl methyl sites for hydroxylation is 1. The van der Waals surface area contributed by atoms with Crippen molar-refractivity contribution in [2.45, 2.75) is 31.1 Å². The fraction of sp³-hybridized carbons (Fsp3) is 0.227. The quantitative estimate of drug-likeness (QED) is 0.452. The molecule has 3 amide bonds. The molecule has 1 aliphatic rings. The number of benzene rings is 2. The van der Waals surface area contributed by atoms with Crippen LogP contribution in [0.2, 0.25) is 0 Å². The molecule has 0 radical (unpaired) electrons. The molecular weight excluding hydrogens is 414 g/mol. The topological polar surface area (TPSA) is 99.3 Å². The van der Waals surface area contributed by atoms with Gasteiger partial charge in [-0.25, -0.2) is 9.88 Å². The molecular formula is C22H21N5O3S. The van der Waals surface area contributed by atoms with Gasteiger partial charge in [0.2, 0.25) is 11.8 Å². The molecule has 1 unspecified atom stereocenters. The summed E-state index contributed by atoms with van der Waals surface area (Å²) in [6, 6.07) is 15.8. The third kappa shape index (κ3) is 4.66. The Morgan fingerprint density at radius 1 is 1.16 bits per heavy atom. The molecule has 158 valence electrons. The molecule has 2 heterocycles. The molecule has 1 N–H and O–H groups in total. The highest BCUT2D eigenvalue weighted by atomic mass is 32.2. The molecule has 4 rings (SSSR count). The number of hydrogen-bond acceptors (Lipinski definition) is 6. The van der Waals surface area contributed by atoms with E-state index in [-0.39, 0.29) is 36.4 Å². The minimum atomic E-state index is -0.850. The van der Waals surface area contributed by atoms with E-state index in [0.29, 0.717) is 10.8 Å². The van der Waals surface area contributed by atoms with Gasteiger partial charge in [0.15, 0.2) is 5.16 Å². The van der Waals surface area contributed by atoms with Gasteiger partial charge in [0.25, 0.3) is 5.91 Å². The zero-order valence-corrected chi connectivity index (χ0v) is 17.7. The number of aromatic amines is 1. The fourth-order valence-electron chi connectivity index (χ4n) is 3.45. The Kier molecular flexibility index (Phi) is 6.13. The number of nitrogens with one attached hydrogen (secondary N) is 1. The predicted octanol–water partition coefficient (Wildman–Crippen LogP) is 2.57. The Hall–Kier alpha value is -3.46. The molecule has 1 aliphatic heterocycles. The van der Waals surface area contributed by atoms with Crippen molar-refractivity contribution in [3.05, 3.63) is 72.1 Å². The largest absolute Gasteiger partial charge is 0.325 e. The number of aromatic nitrogens is 3. The number of carbonyl (C=O) groups excluding carboxylic acids is 3. The minimum absolute atomic E-state index is 0.0434. The van der Waals surface area contributed by atoms with E-state index >= 15 is 0 Å². The second-order valence-corrected chi connectivity index (χ2v) is 8.17. The summed E-state index contributed by atoms with van der Waals surface area (Å²) in [5.74, 6) is -0.873. The number of hydrogen-bond donors (Lipinski definition) is 1. The summed E-state index contributed by atoms with van der Waals surface area (Å²) >= 11 is 1.20.